The number of unbranched alkanes of at least 4 members (excludes halogenated alkanes) is 1. The number of para-hydroxylation sites is 2. The van der Waals surface area contributed by atoms with Crippen LogP contribution in [0.2, 0.25) is 0 Å². The van der Waals surface area contributed by atoms with Gasteiger partial charge in [-0.3, -0.25) is 14.4 Å². The third kappa shape index (κ3) is 13.7. The summed E-state index contributed by atoms with van der Waals surface area (Å²) in [5.74, 6) is 0.193. The number of hydrogen-bond acceptors (Lipinski definition) is 8. The smallest absolute Gasteiger partial charge is 0.326 e. The molecule has 0 spiro atoms. The molecule has 0 radical (unpaired) electrons. The van der Waals surface area contributed by atoms with E-state index in [0.717, 1.165) is 22.3 Å². The molecule has 0 atom stereocenters. The lowest BCUT2D eigenvalue weighted by Gasteiger charge is -2.26. The maximum Gasteiger partial charge on any atom is 0.326 e. The van der Waals surface area contributed by atoms with Crippen LogP contribution in [0.3, 0.4) is 0 Å². The third-order valence-corrected chi connectivity index (χ3v) is 9.53. The molecule has 0 aliphatic rings. The molecule has 0 aromatic heterocycles. The zero-order valence-electron chi connectivity index (χ0n) is 35.6. The lowest BCUT2D eigenvalue weighted by atomic mass is 10.1. The largest absolute Gasteiger partial charge is 0.485 e. The van der Waals surface area contributed by atoms with E-state index in [1.165, 1.54) is 4.90 Å². The Kier molecular flexibility index (Phi) is 16.1. The van der Waals surface area contributed by atoms with Gasteiger partial charge in [-0.25, -0.2) is 0 Å². The molecule has 0 bridgehead atoms. The van der Waals surface area contributed by atoms with Gasteiger partial charge in [-0.15, -0.1) is 0 Å². The fourth-order valence-electron chi connectivity index (χ4n) is 6.51. The Morgan fingerprint density at radius 2 is 0.919 bits per heavy atom. The van der Waals surface area contributed by atoms with Crippen molar-refractivity contribution < 1.29 is 38.1 Å². The monoisotopic (exact) mass is 834 g/mol. The molecule has 0 fully saturated rings. The fraction of sp³-hybridized carbons (Fsp3) is 0.250. The van der Waals surface area contributed by atoms with Gasteiger partial charge in [-0.2, -0.15) is 0 Å². The second-order valence-electron chi connectivity index (χ2n) is 15.6. The lowest BCUT2D eigenvalue weighted by Crippen LogP contribution is -2.39. The van der Waals surface area contributed by atoms with Gasteiger partial charge in [0.2, 0.25) is 0 Å². The number of rotatable bonds is 21. The Hall–Kier alpha value is -7.07. The maximum atomic E-state index is 14.5. The summed E-state index contributed by atoms with van der Waals surface area (Å²) in [6.07, 6.45) is 0.975. The fourth-order valence-corrected chi connectivity index (χ4v) is 6.51. The van der Waals surface area contributed by atoms with Gasteiger partial charge in [-0.1, -0.05) is 133 Å². The summed E-state index contributed by atoms with van der Waals surface area (Å²) in [6, 6.07) is 49.3. The Labute approximate surface area is 364 Å². The summed E-state index contributed by atoms with van der Waals surface area (Å²) in [4.78, 5) is 43.0. The normalized spacial score (nSPS) is 11.0. The summed E-state index contributed by atoms with van der Waals surface area (Å²) < 4.78 is 30.7. The number of carbonyl (C=O) groups excluding carboxylic acids is 3. The van der Waals surface area contributed by atoms with E-state index in [2.05, 4.69) is 5.32 Å². The van der Waals surface area contributed by atoms with Gasteiger partial charge in [0.15, 0.2) is 23.0 Å². The van der Waals surface area contributed by atoms with Crippen molar-refractivity contribution in [1.29, 1.82) is 0 Å². The molecule has 0 saturated heterocycles. The van der Waals surface area contributed by atoms with Crippen molar-refractivity contribution in [3.05, 3.63) is 191 Å². The first-order valence-electron chi connectivity index (χ1n) is 20.8. The second-order valence-corrected chi connectivity index (χ2v) is 15.6. The molecule has 0 aliphatic heterocycles. The van der Waals surface area contributed by atoms with Crippen molar-refractivity contribution in [2.75, 3.05) is 19.6 Å². The van der Waals surface area contributed by atoms with E-state index in [1.807, 2.05) is 121 Å². The van der Waals surface area contributed by atoms with E-state index in [9.17, 15) is 14.4 Å². The molecule has 10 nitrogen and oxygen atoms in total. The number of carbonyl (C=O) groups is 3. The number of nitrogens with zero attached hydrogens (tertiary/aromatic N) is 1. The SMILES string of the molecule is CC(C)(C)OC(=O)CN(CCCCNC(=O)c1cccc(OCc2ccccc2)c1OCc1ccccc1)C(=O)c1cccc(OCc2ccccc2)c1OCc1ccccc1. The van der Waals surface area contributed by atoms with Crippen LogP contribution >= 0.6 is 0 Å². The van der Waals surface area contributed by atoms with E-state index in [-0.39, 0.29) is 50.1 Å². The summed E-state index contributed by atoms with van der Waals surface area (Å²) in [6.45, 7) is 6.58. The summed E-state index contributed by atoms with van der Waals surface area (Å²) in [5.41, 5.74) is 3.64. The molecule has 62 heavy (non-hydrogen) atoms. The Balaban J connectivity index is 1.15. The van der Waals surface area contributed by atoms with Crippen LogP contribution in [-0.2, 0) is 36.0 Å². The van der Waals surface area contributed by atoms with Gasteiger partial charge in [0.1, 0.15) is 38.6 Å². The number of esters is 1. The first kappa shape index (κ1) is 44.5. The molecule has 0 heterocycles. The van der Waals surface area contributed by atoms with Gasteiger partial charge in [0, 0.05) is 13.1 Å². The molecule has 10 heteroatoms. The average molecular weight is 835 g/mol. The van der Waals surface area contributed by atoms with Crippen LogP contribution in [0.25, 0.3) is 0 Å². The van der Waals surface area contributed by atoms with Crippen LogP contribution in [0.1, 0.15) is 76.6 Å². The van der Waals surface area contributed by atoms with Crippen molar-refractivity contribution in [1.82, 2.24) is 10.2 Å². The molecule has 6 aromatic rings. The minimum atomic E-state index is -0.751. The maximum absolute atomic E-state index is 14.5. The van der Waals surface area contributed by atoms with Gasteiger partial charge < -0.3 is 33.9 Å². The predicted octanol–water partition coefficient (Wildman–Crippen LogP) is 10.00. The predicted molar refractivity (Wildman–Crippen MR) is 239 cm³/mol. The van der Waals surface area contributed by atoms with E-state index >= 15 is 0 Å². The number of amides is 2. The van der Waals surface area contributed by atoms with Crippen LogP contribution in [0.5, 0.6) is 23.0 Å². The van der Waals surface area contributed by atoms with Gasteiger partial charge in [-0.05, 0) is 80.1 Å². The molecule has 320 valence electrons. The van der Waals surface area contributed by atoms with Crippen molar-refractivity contribution in [2.45, 2.75) is 65.6 Å². The quantitative estimate of drug-likeness (QED) is 0.0564. The molecule has 0 aliphatic carbocycles. The van der Waals surface area contributed by atoms with Crippen LogP contribution in [-0.4, -0.2) is 47.9 Å². The van der Waals surface area contributed by atoms with E-state index in [1.54, 1.807) is 57.2 Å². The minimum absolute atomic E-state index is 0.194. The Morgan fingerprint density at radius 3 is 1.37 bits per heavy atom. The van der Waals surface area contributed by atoms with Crippen molar-refractivity contribution in [3.63, 3.8) is 0 Å². The molecule has 6 rings (SSSR count). The molecule has 0 saturated carbocycles. The highest BCUT2D eigenvalue weighted by Crippen LogP contribution is 2.35. The number of ether oxygens (including phenoxy) is 5. The van der Waals surface area contributed by atoms with Crippen LogP contribution in [0.15, 0.2) is 158 Å². The minimum Gasteiger partial charge on any atom is -0.485 e. The van der Waals surface area contributed by atoms with E-state index < -0.39 is 17.5 Å². The van der Waals surface area contributed by atoms with Gasteiger partial charge in [0.25, 0.3) is 11.8 Å². The summed E-state index contributed by atoms with van der Waals surface area (Å²) in [7, 11) is 0. The summed E-state index contributed by atoms with van der Waals surface area (Å²) >= 11 is 0. The highest BCUT2D eigenvalue weighted by Gasteiger charge is 2.27. The number of nitrogens with one attached hydrogen (secondary N) is 1. The van der Waals surface area contributed by atoms with Crippen LogP contribution in [0.4, 0.5) is 0 Å². The van der Waals surface area contributed by atoms with Crippen LogP contribution < -0.4 is 24.3 Å². The van der Waals surface area contributed by atoms with E-state index in [4.69, 9.17) is 23.7 Å². The highest BCUT2D eigenvalue weighted by molar-refractivity contribution is 5.99. The number of hydrogen-bond donors (Lipinski definition) is 1. The molecule has 2 amide bonds. The molecule has 1 N–H and O–H groups in total. The van der Waals surface area contributed by atoms with E-state index in [0.29, 0.717) is 48.8 Å². The number of benzene rings is 6. The third-order valence-electron chi connectivity index (χ3n) is 9.53. The summed E-state index contributed by atoms with van der Waals surface area (Å²) in [5, 5.41) is 3.02. The van der Waals surface area contributed by atoms with Crippen LogP contribution in [0, 0.1) is 0 Å². The molecular formula is C52H54N2O8. The highest BCUT2D eigenvalue weighted by atomic mass is 16.6. The standard InChI is InChI=1S/C52H54N2O8/c1-52(2,3)62-47(55)34-54(51(57)44-29-19-31-46(59-36-40-22-10-5-11-23-40)49(44)61-38-42-26-14-7-15-27-42)33-17-16-32-53-50(56)43-28-18-30-45(58-35-39-20-8-4-9-21-39)48(43)60-37-41-24-12-6-13-25-41/h4-15,18-31H,16-17,32-38H2,1-3H3,(H,53,56). The Bertz CT molecular complexity index is 2330. The lowest BCUT2D eigenvalue weighted by molar-refractivity contribution is -0.155. The molecule has 6 aromatic carbocycles. The Morgan fingerprint density at radius 1 is 0.500 bits per heavy atom. The second kappa shape index (κ2) is 22.5. The molecular weight excluding hydrogens is 781 g/mol. The average Bonchev–Trinajstić information content (AvgIpc) is 3.28. The zero-order chi connectivity index (χ0) is 43.6. The first-order chi connectivity index (χ1) is 30.1. The topological polar surface area (TPSA) is 113 Å². The van der Waals surface area contributed by atoms with Gasteiger partial charge in [0.05, 0.1) is 11.1 Å². The zero-order valence-corrected chi connectivity index (χ0v) is 35.6. The first-order valence-corrected chi connectivity index (χ1v) is 20.8. The van der Waals surface area contributed by atoms with Crippen molar-refractivity contribution >= 4 is 17.8 Å². The van der Waals surface area contributed by atoms with Gasteiger partial charge >= 0.3 is 5.97 Å². The molecule has 0 unspecified atom stereocenters. The van der Waals surface area contributed by atoms with Crippen molar-refractivity contribution in [2.24, 2.45) is 0 Å². The van der Waals surface area contributed by atoms with Crippen molar-refractivity contribution in [3.8, 4) is 23.0 Å².